The van der Waals surface area contributed by atoms with Crippen molar-refractivity contribution in [3.8, 4) is 11.3 Å². The van der Waals surface area contributed by atoms with Crippen LogP contribution in [0, 0.1) is 12.7 Å². The second kappa shape index (κ2) is 4.33. The summed E-state index contributed by atoms with van der Waals surface area (Å²) >= 11 is 0. The molecule has 1 aromatic carbocycles. The third-order valence-electron chi connectivity index (χ3n) is 2.48. The summed E-state index contributed by atoms with van der Waals surface area (Å²) in [5.74, 6) is -1.33. The van der Waals surface area contributed by atoms with Gasteiger partial charge in [-0.15, -0.1) is 0 Å². The monoisotopic (exact) mass is 231 g/mol. The summed E-state index contributed by atoms with van der Waals surface area (Å²) in [4.78, 5) is 14.6. The highest BCUT2D eigenvalue weighted by Crippen LogP contribution is 2.19. The number of hydrogen-bond donors (Lipinski definition) is 1. The molecule has 17 heavy (non-hydrogen) atoms. The minimum Gasteiger partial charge on any atom is -0.478 e. The van der Waals surface area contributed by atoms with Gasteiger partial charge in [-0.05, 0) is 30.7 Å². The highest BCUT2D eigenvalue weighted by atomic mass is 19.1. The van der Waals surface area contributed by atoms with Gasteiger partial charge >= 0.3 is 5.97 Å². The Morgan fingerprint density at radius 1 is 1.29 bits per heavy atom. The average molecular weight is 231 g/mol. The molecule has 3 nitrogen and oxygen atoms in total. The van der Waals surface area contributed by atoms with Crippen LogP contribution >= 0.6 is 0 Å². The number of carboxylic acid groups (broad SMARTS) is 1. The smallest absolute Gasteiger partial charge is 0.337 e. The molecule has 0 bridgehead atoms. The van der Waals surface area contributed by atoms with Crippen LogP contribution in [0.15, 0.2) is 36.5 Å². The number of carbonyl (C=O) groups is 1. The van der Waals surface area contributed by atoms with Gasteiger partial charge in [-0.1, -0.05) is 12.1 Å². The molecule has 2 rings (SSSR count). The number of carboxylic acids is 1. The third-order valence-corrected chi connectivity index (χ3v) is 2.48. The number of aromatic carboxylic acids is 1. The molecule has 0 amide bonds. The second-order valence-electron chi connectivity index (χ2n) is 3.70. The molecule has 4 heteroatoms. The quantitative estimate of drug-likeness (QED) is 0.864. The van der Waals surface area contributed by atoms with E-state index in [9.17, 15) is 9.18 Å². The molecule has 0 radical (unpaired) electrons. The largest absolute Gasteiger partial charge is 0.478 e. The SMILES string of the molecule is Cc1ccc(-c2ccc(C(=O)O)cn2)cc1F. The molecule has 0 saturated carbocycles. The number of rotatable bonds is 2. The topological polar surface area (TPSA) is 50.2 Å². The van der Waals surface area contributed by atoms with E-state index in [0.717, 1.165) is 0 Å². The van der Waals surface area contributed by atoms with Gasteiger partial charge < -0.3 is 5.11 Å². The van der Waals surface area contributed by atoms with E-state index in [-0.39, 0.29) is 11.4 Å². The molecule has 0 fully saturated rings. The van der Waals surface area contributed by atoms with Crippen molar-refractivity contribution in [1.82, 2.24) is 4.98 Å². The summed E-state index contributed by atoms with van der Waals surface area (Å²) in [6.07, 6.45) is 1.26. The summed E-state index contributed by atoms with van der Waals surface area (Å²) < 4.78 is 13.4. The van der Waals surface area contributed by atoms with Gasteiger partial charge in [0, 0.05) is 11.8 Å². The Balaban J connectivity index is 2.39. The van der Waals surface area contributed by atoms with Gasteiger partial charge in [0.15, 0.2) is 0 Å². The van der Waals surface area contributed by atoms with E-state index in [4.69, 9.17) is 5.11 Å². The number of aryl methyl sites for hydroxylation is 1. The average Bonchev–Trinajstić information content (AvgIpc) is 2.33. The predicted octanol–water partition coefficient (Wildman–Crippen LogP) is 2.89. The lowest BCUT2D eigenvalue weighted by atomic mass is 10.1. The molecule has 1 N–H and O–H groups in total. The number of pyridine rings is 1. The minimum atomic E-state index is -1.03. The van der Waals surface area contributed by atoms with Crippen LogP contribution in [0.25, 0.3) is 11.3 Å². The summed E-state index contributed by atoms with van der Waals surface area (Å²) in [6, 6.07) is 7.81. The van der Waals surface area contributed by atoms with Crippen LogP contribution in [0.2, 0.25) is 0 Å². The zero-order valence-electron chi connectivity index (χ0n) is 9.14. The summed E-state index contributed by atoms with van der Waals surface area (Å²) in [5.41, 5.74) is 1.86. The van der Waals surface area contributed by atoms with Gasteiger partial charge in [-0.3, -0.25) is 4.98 Å². The van der Waals surface area contributed by atoms with Crippen LogP contribution < -0.4 is 0 Å². The zero-order chi connectivity index (χ0) is 12.4. The van der Waals surface area contributed by atoms with E-state index in [0.29, 0.717) is 16.8 Å². The van der Waals surface area contributed by atoms with Gasteiger partial charge in [-0.25, -0.2) is 9.18 Å². The fraction of sp³-hybridized carbons (Fsp3) is 0.0769. The number of nitrogens with zero attached hydrogens (tertiary/aromatic N) is 1. The van der Waals surface area contributed by atoms with Crippen LogP contribution in [0.5, 0.6) is 0 Å². The lowest BCUT2D eigenvalue weighted by Crippen LogP contribution is -1.97. The predicted molar refractivity (Wildman–Crippen MR) is 61.3 cm³/mol. The molecular weight excluding hydrogens is 221 g/mol. The molecule has 0 spiro atoms. The summed E-state index contributed by atoms with van der Waals surface area (Å²) in [5, 5.41) is 8.73. The highest BCUT2D eigenvalue weighted by molar-refractivity contribution is 5.87. The van der Waals surface area contributed by atoms with Crippen LogP contribution in [-0.4, -0.2) is 16.1 Å². The number of benzene rings is 1. The first-order chi connectivity index (χ1) is 8.08. The fourth-order valence-corrected chi connectivity index (χ4v) is 1.44. The number of hydrogen-bond acceptors (Lipinski definition) is 2. The molecule has 86 valence electrons. The van der Waals surface area contributed by atoms with Crippen molar-refractivity contribution in [2.24, 2.45) is 0 Å². The molecule has 0 atom stereocenters. The standard InChI is InChI=1S/C13H10FNO2/c1-8-2-3-9(6-11(8)14)12-5-4-10(7-15-12)13(16)17/h2-7H,1H3,(H,16,17). The maximum Gasteiger partial charge on any atom is 0.337 e. The van der Waals surface area contributed by atoms with Crippen molar-refractivity contribution in [2.45, 2.75) is 6.92 Å². The number of halogens is 1. The molecule has 1 heterocycles. The molecule has 0 unspecified atom stereocenters. The maximum absolute atomic E-state index is 13.4. The molecule has 1 aromatic heterocycles. The Morgan fingerprint density at radius 3 is 2.59 bits per heavy atom. The van der Waals surface area contributed by atoms with Crippen molar-refractivity contribution in [3.63, 3.8) is 0 Å². The maximum atomic E-state index is 13.4. The van der Waals surface area contributed by atoms with E-state index in [1.54, 1.807) is 25.1 Å². The zero-order valence-corrected chi connectivity index (χ0v) is 9.14. The number of aromatic nitrogens is 1. The van der Waals surface area contributed by atoms with Gasteiger partial charge in [0.05, 0.1) is 11.3 Å². The van der Waals surface area contributed by atoms with Crippen LogP contribution in [0.1, 0.15) is 15.9 Å². The van der Waals surface area contributed by atoms with Gasteiger partial charge in [0.1, 0.15) is 5.82 Å². The van der Waals surface area contributed by atoms with Crippen LogP contribution in [0.4, 0.5) is 4.39 Å². The highest BCUT2D eigenvalue weighted by Gasteiger charge is 2.06. The van der Waals surface area contributed by atoms with Crippen molar-refractivity contribution in [2.75, 3.05) is 0 Å². The van der Waals surface area contributed by atoms with Crippen LogP contribution in [-0.2, 0) is 0 Å². The molecule has 2 aromatic rings. The van der Waals surface area contributed by atoms with Gasteiger partial charge in [0.25, 0.3) is 0 Å². The first kappa shape index (κ1) is 11.3. The van der Waals surface area contributed by atoms with Crippen molar-refractivity contribution < 1.29 is 14.3 Å². The molecule has 0 aliphatic heterocycles. The fourth-order valence-electron chi connectivity index (χ4n) is 1.44. The van der Waals surface area contributed by atoms with Crippen molar-refractivity contribution in [3.05, 3.63) is 53.5 Å². The Kier molecular flexibility index (Phi) is 2.87. The van der Waals surface area contributed by atoms with Crippen molar-refractivity contribution in [1.29, 1.82) is 0 Å². The Hall–Kier alpha value is -2.23. The Morgan fingerprint density at radius 2 is 2.06 bits per heavy atom. The van der Waals surface area contributed by atoms with Crippen molar-refractivity contribution >= 4 is 5.97 Å². The van der Waals surface area contributed by atoms with E-state index < -0.39 is 5.97 Å². The molecular formula is C13H10FNO2. The van der Waals surface area contributed by atoms with E-state index >= 15 is 0 Å². The van der Waals surface area contributed by atoms with Gasteiger partial charge in [-0.2, -0.15) is 0 Å². The molecule has 0 aliphatic rings. The van der Waals surface area contributed by atoms with E-state index in [1.807, 2.05) is 0 Å². The first-order valence-electron chi connectivity index (χ1n) is 5.04. The second-order valence-corrected chi connectivity index (χ2v) is 3.70. The normalized spacial score (nSPS) is 10.2. The Labute approximate surface area is 97.6 Å². The minimum absolute atomic E-state index is 0.112. The first-order valence-corrected chi connectivity index (χ1v) is 5.04. The van der Waals surface area contributed by atoms with Crippen LogP contribution in [0.3, 0.4) is 0 Å². The van der Waals surface area contributed by atoms with Gasteiger partial charge in [0.2, 0.25) is 0 Å². The lowest BCUT2D eigenvalue weighted by Gasteiger charge is -2.03. The molecule has 0 saturated heterocycles. The molecule has 0 aliphatic carbocycles. The lowest BCUT2D eigenvalue weighted by molar-refractivity contribution is 0.0696. The van der Waals surface area contributed by atoms with E-state index in [1.165, 1.54) is 18.3 Å². The summed E-state index contributed by atoms with van der Waals surface area (Å²) in [6.45, 7) is 1.68. The van der Waals surface area contributed by atoms with E-state index in [2.05, 4.69) is 4.98 Å². The third kappa shape index (κ3) is 2.30. The summed E-state index contributed by atoms with van der Waals surface area (Å²) in [7, 11) is 0. The Bertz CT molecular complexity index is 564.